The minimum atomic E-state index is -0.577. The minimum Gasteiger partial charge on any atom is -0.491 e. The zero-order valence-corrected chi connectivity index (χ0v) is 16.7. The Kier molecular flexibility index (Phi) is 6.08. The minimum absolute atomic E-state index is 0. The van der Waals surface area contributed by atoms with Crippen molar-refractivity contribution < 1.29 is 9.84 Å². The Morgan fingerprint density at radius 2 is 1.96 bits per heavy atom. The number of hydrogen-bond donors (Lipinski definition) is 1. The van der Waals surface area contributed by atoms with Crippen LogP contribution in [0.4, 0.5) is 0 Å². The SMILES string of the molecule is Cc1ccc(C)c(OCC(O)Cn2c(C3CCC3)nc3ccccc32)c1.Cl. The number of ether oxygens (including phenoxy) is 1. The van der Waals surface area contributed by atoms with Crippen LogP contribution in [-0.2, 0) is 6.54 Å². The van der Waals surface area contributed by atoms with Gasteiger partial charge in [-0.2, -0.15) is 0 Å². The van der Waals surface area contributed by atoms with Gasteiger partial charge in [-0.15, -0.1) is 12.4 Å². The fraction of sp³-hybridized carbons (Fsp3) is 0.409. The van der Waals surface area contributed by atoms with Crippen molar-refractivity contribution in [2.24, 2.45) is 0 Å². The van der Waals surface area contributed by atoms with E-state index in [-0.39, 0.29) is 19.0 Å². The molecular formula is C22H27ClN2O2. The second kappa shape index (κ2) is 8.32. The van der Waals surface area contributed by atoms with Crippen molar-refractivity contribution in [3.8, 4) is 5.75 Å². The third-order valence-electron chi connectivity index (χ3n) is 5.32. The molecule has 4 nitrogen and oxygen atoms in total. The lowest BCUT2D eigenvalue weighted by molar-refractivity contribution is 0.0916. The molecule has 1 atom stereocenters. The van der Waals surface area contributed by atoms with E-state index >= 15 is 0 Å². The number of benzene rings is 2. The van der Waals surface area contributed by atoms with E-state index in [0.717, 1.165) is 33.7 Å². The molecule has 1 saturated carbocycles. The fourth-order valence-corrected chi connectivity index (χ4v) is 3.58. The number of aliphatic hydroxyl groups is 1. The summed E-state index contributed by atoms with van der Waals surface area (Å²) in [5.41, 5.74) is 4.36. The molecule has 5 heteroatoms. The Bertz CT molecular complexity index is 918. The largest absolute Gasteiger partial charge is 0.491 e. The van der Waals surface area contributed by atoms with Crippen molar-refractivity contribution >= 4 is 23.4 Å². The van der Waals surface area contributed by atoms with Gasteiger partial charge in [0.25, 0.3) is 0 Å². The van der Waals surface area contributed by atoms with Gasteiger partial charge in [0, 0.05) is 5.92 Å². The number of imidazole rings is 1. The molecular weight excluding hydrogens is 360 g/mol. The molecule has 0 radical (unpaired) electrons. The highest BCUT2D eigenvalue weighted by molar-refractivity contribution is 5.85. The predicted octanol–water partition coefficient (Wildman–Crippen LogP) is 4.78. The van der Waals surface area contributed by atoms with E-state index in [1.54, 1.807) is 0 Å². The van der Waals surface area contributed by atoms with E-state index in [0.29, 0.717) is 12.5 Å². The van der Waals surface area contributed by atoms with Crippen molar-refractivity contribution in [1.82, 2.24) is 9.55 Å². The predicted molar refractivity (Wildman–Crippen MR) is 111 cm³/mol. The first-order valence-electron chi connectivity index (χ1n) is 9.45. The van der Waals surface area contributed by atoms with E-state index in [1.165, 1.54) is 19.3 Å². The fourth-order valence-electron chi connectivity index (χ4n) is 3.58. The number of fused-ring (bicyclic) bond motifs is 1. The quantitative estimate of drug-likeness (QED) is 0.663. The van der Waals surface area contributed by atoms with Crippen molar-refractivity contribution in [1.29, 1.82) is 0 Å². The molecule has 1 fully saturated rings. The summed E-state index contributed by atoms with van der Waals surface area (Å²) in [5.74, 6) is 2.48. The van der Waals surface area contributed by atoms with Crippen LogP contribution < -0.4 is 4.74 Å². The molecule has 27 heavy (non-hydrogen) atoms. The Labute approximate surface area is 166 Å². The molecule has 0 saturated heterocycles. The Morgan fingerprint density at radius 3 is 2.70 bits per heavy atom. The van der Waals surface area contributed by atoms with Crippen LogP contribution in [0.25, 0.3) is 11.0 Å². The first-order valence-corrected chi connectivity index (χ1v) is 9.45. The van der Waals surface area contributed by atoms with Crippen molar-refractivity contribution in [3.63, 3.8) is 0 Å². The number of aryl methyl sites for hydroxylation is 2. The van der Waals surface area contributed by atoms with Gasteiger partial charge in [-0.05, 0) is 56.0 Å². The zero-order valence-electron chi connectivity index (χ0n) is 15.9. The maximum atomic E-state index is 10.6. The summed E-state index contributed by atoms with van der Waals surface area (Å²) in [4.78, 5) is 4.84. The number of hydrogen-bond acceptors (Lipinski definition) is 3. The molecule has 1 unspecified atom stereocenters. The van der Waals surface area contributed by atoms with Gasteiger partial charge >= 0.3 is 0 Å². The lowest BCUT2D eigenvalue weighted by Crippen LogP contribution is -2.26. The summed E-state index contributed by atoms with van der Waals surface area (Å²) in [6.07, 6.45) is 3.08. The molecule has 1 aliphatic carbocycles. The third kappa shape index (κ3) is 4.12. The van der Waals surface area contributed by atoms with Crippen LogP contribution in [0, 0.1) is 13.8 Å². The van der Waals surface area contributed by atoms with E-state index in [1.807, 2.05) is 38.1 Å². The molecule has 144 valence electrons. The van der Waals surface area contributed by atoms with Crippen LogP contribution in [0.5, 0.6) is 5.75 Å². The van der Waals surface area contributed by atoms with E-state index in [9.17, 15) is 5.11 Å². The maximum Gasteiger partial charge on any atom is 0.122 e. The van der Waals surface area contributed by atoms with Gasteiger partial charge in [0.05, 0.1) is 17.6 Å². The highest BCUT2D eigenvalue weighted by atomic mass is 35.5. The lowest BCUT2D eigenvalue weighted by Gasteiger charge is -2.26. The molecule has 1 heterocycles. The van der Waals surface area contributed by atoms with Gasteiger partial charge in [-0.3, -0.25) is 0 Å². The van der Waals surface area contributed by atoms with Gasteiger partial charge in [0.15, 0.2) is 0 Å². The standard InChI is InChI=1S/C22H26N2O2.ClH/c1-15-10-11-16(2)21(12-15)26-14-18(25)13-24-20-9-4-3-8-19(20)23-22(24)17-6-5-7-17;/h3-4,8-12,17-18,25H,5-7,13-14H2,1-2H3;1H. The first-order chi connectivity index (χ1) is 12.6. The lowest BCUT2D eigenvalue weighted by atomic mass is 9.85. The van der Waals surface area contributed by atoms with Gasteiger partial charge in [0.1, 0.15) is 24.3 Å². The van der Waals surface area contributed by atoms with Gasteiger partial charge < -0.3 is 14.4 Å². The van der Waals surface area contributed by atoms with E-state index in [4.69, 9.17) is 9.72 Å². The normalized spacial score (nSPS) is 15.2. The highest BCUT2D eigenvalue weighted by Crippen LogP contribution is 2.37. The van der Waals surface area contributed by atoms with Crippen LogP contribution >= 0.6 is 12.4 Å². The molecule has 0 spiro atoms. The first kappa shape index (κ1) is 19.7. The van der Waals surface area contributed by atoms with Crippen LogP contribution in [0.2, 0.25) is 0 Å². The van der Waals surface area contributed by atoms with Crippen molar-refractivity contribution in [3.05, 3.63) is 59.4 Å². The number of rotatable bonds is 6. The number of aliphatic hydroxyl groups excluding tert-OH is 1. The monoisotopic (exact) mass is 386 g/mol. The molecule has 0 amide bonds. The second-order valence-corrected chi connectivity index (χ2v) is 7.43. The summed E-state index contributed by atoms with van der Waals surface area (Å²) >= 11 is 0. The van der Waals surface area contributed by atoms with Crippen LogP contribution in [0.15, 0.2) is 42.5 Å². The Morgan fingerprint density at radius 1 is 1.19 bits per heavy atom. The molecule has 4 rings (SSSR count). The Balaban J connectivity index is 0.00000210. The van der Waals surface area contributed by atoms with Crippen LogP contribution in [-0.4, -0.2) is 27.4 Å². The molecule has 1 N–H and O–H groups in total. The number of para-hydroxylation sites is 2. The second-order valence-electron chi connectivity index (χ2n) is 7.43. The number of aromatic nitrogens is 2. The highest BCUT2D eigenvalue weighted by Gasteiger charge is 2.26. The number of halogens is 1. The van der Waals surface area contributed by atoms with Gasteiger partial charge in [0.2, 0.25) is 0 Å². The molecule has 1 aromatic heterocycles. The van der Waals surface area contributed by atoms with Crippen molar-refractivity contribution in [2.75, 3.05) is 6.61 Å². The molecule has 3 aromatic rings. The Hall–Kier alpha value is -2.04. The van der Waals surface area contributed by atoms with Gasteiger partial charge in [-0.25, -0.2) is 4.98 Å². The molecule has 0 aliphatic heterocycles. The van der Waals surface area contributed by atoms with Crippen LogP contribution in [0.3, 0.4) is 0 Å². The molecule has 0 bridgehead atoms. The molecule has 2 aromatic carbocycles. The average molecular weight is 387 g/mol. The summed E-state index contributed by atoms with van der Waals surface area (Å²) < 4.78 is 8.09. The summed E-state index contributed by atoms with van der Waals surface area (Å²) in [6, 6.07) is 14.3. The zero-order chi connectivity index (χ0) is 18.1. The summed E-state index contributed by atoms with van der Waals surface area (Å²) in [5, 5.41) is 10.6. The number of nitrogens with zero attached hydrogens (tertiary/aromatic N) is 2. The topological polar surface area (TPSA) is 47.3 Å². The molecule has 1 aliphatic rings. The van der Waals surface area contributed by atoms with Crippen molar-refractivity contribution in [2.45, 2.75) is 51.7 Å². The van der Waals surface area contributed by atoms with E-state index in [2.05, 4.69) is 22.8 Å². The van der Waals surface area contributed by atoms with E-state index < -0.39 is 6.10 Å². The summed E-state index contributed by atoms with van der Waals surface area (Å²) in [7, 11) is 0. The summed E-state index contributed by atoms with van der Waals surface area (Å²) in [6.45, 7) is 4.86. The third-order valence-corrected chi connectivity index (χ3v) is 5.32. The maximum absolute atomic E-state index is 10.6. The van der Waals surface area contributed by atoms with Gasteiger partial charge in [-0.1, -0.05) is 30.7 Å². The average Bonchev–Trinajstić information content (AvgIpc) is 2.92. The smallest absolute Gasteiger partial charge is 0.122 e. The van der Waals surface area contributed by atoms with Crippen LogP contribution in [0.1, 0.15) is 42.1 Å².